The number of nitrogens with zero attached hydrogens (tertiary/aromatic N) is 3. The molecule has 0 N–H and O–H groups in total. The molecule has 2 aromatic rings. The first kappa shape index (κ1) is 16.6. The molecule has 2 atom stereocenters. The van der Waals surface area contributed by atoms with Crippen molar-refractivity contribution in [3.05, 3.63) is 69.3 Å². The third-order valence-electron chi connectivity index (χ3n) is 5.37. The first-order valence-electron chi connectivity index (χ1n) is 8.76. The zero-order valence-electron chi connectivity index (χ0n) is 14.3. The number of ether oxygens (including phenoxy) is 1. The Kier molecular flexibility index (Phi) is 4.31. The van der Waals surface area contributed by atoms with Gasteiger partial charge in [0.2, 0.25) is 0 Å². The van der Waals surface area contributed by atoms with Crippen LogP contribution in [0.4, 0.5) is 5.69 Å². The molecule has 1 saturated heterocycles. The summed E-state index contributed by atoms with van der Waals surface area (Å²) in [6.45, 7) is 3.58. The molecule has 0 saturated carbocycles. The SMILES string of the molecule is N#Cc1ccc2c(c1)C1CN(CCc3ccc([N+](=O)[O-])cc3)CC1CO2. The van der Waals surface area contributed by atoms with Gasteiger partial charge in [-0.05, 0) is 30.2 Å². The third-order valence-corrected chi connectivity index (χ3v) is 5.37. The highest BCUT2D eigenvalue weighted by Crippen LogP contribution is 2.41. The zero-order valence-corrected chi connectivity index (χ0v) is 14.3. The second-order valence-corrected chi connectivity index (χ2v) is 6.98. The predicted molar refractivity (Wildman–Crippen MR) is 96.1 cm³/mol. The molecule has 0 bridgehead atoms. The first-order chi connectivity index (χ1) is 12.6. The quantitative estimate of drug-likeness (QED) is 0.626. The predicted octanol–water partition coefficient (Wildman–Crippen LogP) is 3.12. The summed E-state index contributed by atoms with van der Waals surface area (Å²) in [4.78, 5) is 12.8. The molecule has 2 unspecified atom stereocenters. The maximum Gasteiger partial charge on any atom is 0.269 e. The Hall–Kier alpha value is -2.91. The summed E-state index contributed by atoms with van der Waals surface area (Å²) in [6.07, 6.45) is 0.864. The maximum absolute atomic E-state index is 10.7. The Labute approximate surface area is 151 Å². The van der Waals surface area contributed by atoms with Crippen molar-refractivity contribution in [2.45, 2.75) is 12.3 Å². The lowest BCUT2D eigenvalue weighted by Gasteiger charge is -2.27. The lowest BCUT2D eigenvalue weighted by atomic mass is 9.86. The number of benzene rings is 2. The van der Waals surface area contributed by atoms with Gasteiger partial charge in [-0.1, -0.05) is 12.1 Å². The van der Waals surface area contributed by atoms with Gasteiger partial charge >= 0.3 is 0 Å². The van der Waals surface area contributed by atoms with Crippen molar-refractivity contribution in [2.75, 3.05) is 26.2 Å². The molecule has 0 aliphatic carbocycles. The van der Waals surface area contributed by atoms with Gasteiger partial charge in [0.1, 0.15) is 5.75 Å². The summed E-state index contributed by atoms with van der Waals surface area (Å²) in [7, 11) is 0. The molecule has 1 fully saturated rings. The Morgan fingerprint density at radius 1 is 1.23 bits per heavy atom. The summed E-state index contributed by atoms with van der Waals surface area (Å²) in [5.41, 5.74) is 3.06. The van der Waals surface area contributed by atoms with Gasteiger partial charge in [0, 0.05) is 49.2 Å². The van der Waals surface area contributed by atoms with E-state index in [4.69, 9.17) is 10.00 Å². The summed E-state index contributed by atoms with van der Waals surface area (Å²) < 4.78 is 5.88. The Bertz CT molecular complexity index is 873. The van der Waals surface area contributed by atoms with Crippen LogP contribution in [0.3, 0.4) is 0 Å². The summed E-state index contributed by atoms with van der Waals surface area (Å²) in [5.74, 6) is 1.76. The molecule has 2 aliphatic rings. The number of rotatable bonds is 4. The van der Waals surface area contributed by atoms with Crippen LogP contribution >= 0.6 is 0 Å². The molecule has 0 aromatic heterocycles. The monoisotopic (exact) mass is 349 g/mol. The normalized spacial score (nSPS) is 21.3. The fourth-order valence-corrected chi connectivity index (χ4v) is 3.97. The molecule has 2 heterocycles. The zero-order chi connectivity index (χ0) is 18.1. The average molecular weight is 349 g/mol. The van der Waals surface area contributed by atoms with E-state index in [0.29, 0.717) is 17.4 Å². The fraction of sp³-hybridized carbons (Fsp3) is 0.350. The number of nitriles is 1. The van der Waals surface area contributed by atoms with Gasteiger partial charge in [-0.3, -0.25) is 10.1 Å². The minimum atomic E-state index is -0.373. The van der Waals surface area contributed by atoms with Crippen LogP contribution in [0.25, 0.3) is 0 Å². The van der Waals surface area contributed by atoms with Crippen LogP contribution in [0.1, 0.15) is 22.6 Å². The third kappa shape index (κ3) is 3.14. The second-order valence-electron chi connectivity index (χ2n) is 6.98. The van der Waals surface area contributed by atoms with E-state index in [1.165, 1.54) is 0 Å². The number of nitro groups is 1. The van der Waals surface area contributed by atoms with Crippen LogP contribution in [0.5, 0.6) is 5.75 Å². The van der Waals surface area contributed by atoms with E-state index in [0.717, 1.165) is 49.5 Å². The van der Waals surface area contributed by atoms with Crippen molar-refractivity contribution < 1.29 is 9.66 Å². The van der Waals surface area contributed by atoms with Gasteiger partial charge in [0.05, 0.1) is 23.2 Å². The number of hydrogen-bond donors (Lipinski definition) is 0. The number of hydrogen-bond acceptors (Lipinski definition) is 5. The Balaban J connectivity index is 1.42. The maximum atomic E-state index is 10.7. The minimum absolute atomic E-state index is 0.128. The molecule has 26 heavy (non-hydrogen) atoms. The highest BCUT2D eigenvalue weighted by Gasteiger charge is 2.38. The lowest BCUT2D eigenvalue weighted by Crippen LogP contribution is -2.25. The Morgan fingerprint density at radius 3 is 2.77 bits per heavy atom. The van der Waals surface area contributed by atoms with Gasteiger partial charge in [-0.25, -0.2) is 0 Å². The van der Waals surface area contributed by atoms with E-state index in [9.17, 15) is 10.1 Å². The van der Waals surface area contributed by atoms with E-state index < -0.39 is 0 Å². The van der Waals surface area contributed by atoms with Crippen LogP contribution in [0.2, 0.25) is 0 Å². The van der Waals surface area contributed by atoms with Crippen LogP contribution in [-0.2, 0) is 6.42 Å². The first-order valence-corrected chi connectivity index (χ1v) is 8.76. The van der Waals surface area contributed by atoms with Crippen LogP contribution in [-0.4, -0.2) is 36.1 Å². The largest absolute Gasteiger partial charge is 0.493 e. The number of non-ortho nitro benzene ring substituents is 1. The molecule has 132 valence electrons. The topological polar surface area (TPSA) is 79.4 Å². The van der Waals surface area contributed by atoms with E-state index in [-0.39, 0.29) is 10.6 Å². The summed E-state index contributed by atoms with van der Waals surface area (Å²) in [6, 6.07) is 14.7. The summed E-state index contributed by atoms with van der Waals surface area (Å²) in [5, 5.41) is 19.9. The molecular weight excluding hydrogens is 330 g/mol. The summed E-state index contributed by atoms with van der Waals surface area (Å²) >= 11 is 0. The van der Waals surface area contributed by atoms with Crippen LogP contribution in [0.15, 0.2) is 42.5 Å². The van der Waals surface area contributed by atoms with E-state index >= 15 is 0 Å². The number of likely N-dealkylation sites (tertiary alicyclic amines) is 1. The highest BCUT2D eigenvalue weighted by atomic mass is 16.6. The fourth-order valence-electron chi connectivity index (χ4n) is 3.97. The van der Waals surface area contributed by atoms with Crippen molar-refractivity contribution in [1.82, 2.24) is 4.90 Å². The molecule has 6 heteroatoms. The average Bonchev–Trinajstić information content (AvgIpc) is 3.10. The minimum Gasteiger partial charge on any atom is -0.493 e. The molecule has 2 aliphatic heterocycles. The van der Waals surface area contributed by atoms with Crippen molar-refractivity contribution in [2.24, 2.45) is 5.92 Å². The number of fused-ring (bicyclic) bond motifs is 3. The standard InChI is InChI=1S/C20H19N3O3/c21-10-15-3-6-20-18(9-15)19-12-22(11-16(19)13-26-20)8-7-14-1-4-17(5-2-14)23(24)25/h1-6,9,16,19H,7-8,11-13H2. The van der Waals surface area contributed by atoms with Crippen molar-refractivity contribution in [1.29, 1.82) is 5.26 Å². The molecule has 4 rings (SSSR count). The van der Waals surface area contributed by atoms with Gasteiger partial charge in [0.25, 0.3) is 5.69 Å². The van der Waals surface area contributed by atoms with E-state index in [1.807, 2.05) is 24.3 Å². The van der Waals surface area contributed by atoms with Gasteiger partial charge < -0.3 is 9.64 Å². The van der Waals surface area contributed by atoms with Crippen molar-refractivity contribution in [3.63, 3.8) is 0 Å². The number of nitro benzene ring substituents is 1. The van der Waals surface area contributed by atoms with Crippen molar-refractivity contribution >= 4 is 5.69 Å². The van der Waals surface area contributed by atoms with Crippen molar-refractivity contribution in [3.8, 4) is 11.8 Å². The molecular formula is C20H19N3O3. The van der Waals surface area contributed by atoms with Crippen LogP contribution < -0.4 is 4.74 Å². The Morgan fingerprint density at radius 2 is 2.04 bits per heavy atom. The molecule has 0 radical (unpaired) electrons. The van der Waals surface area contributed by atoms with Gasteiger partial charge in [-0.15, -0.1) is 0 Å². The second kappa shape index (κ2) is 6.77. The lowest BCUT2D eigenvalue weighted by molar-refractivity contribution is -0.384. The van der Waals surface area contributed by atoms with E-state index in [2.05, 4.69) is 11.0 Å². The molecule has 0 spiro atoms. The van der Waals surface area contributed by atoms with Gasteiger partial charge in [-0.2, -0.15) is 5.26 Å². The molecule has 6 nitrogen and oxygen atoms in total. The molecule has 0 amide bonds. The van der Waals surface area contributed by atoms with E-state index in [1.54, 1.807) is 18.2 Å². The smallest absolute Gasteiger partial charge is 0.269 e. The highest BCUT2D eigenvalue weighted by molar-refractivity contribution is 5.46. The van der Waals surface area contributed by atoms with Gasteiger partial charge in [0.15, 0.2) is 0 Å². The van der Waals surface area contributed by atoms with Crippen LogP contribution in [0, 0.1) is 27.4 Å². The molecule has 2 aromatic carbocycles.